The number of aromatic nitrogens is 2. The van der Waals surface area contributed by atoms with Gasteiger partial charge in [-0.05, 0) is 18.6 Å². The van der Waals surface area contributed by atoms with Crippen molar-refractivity contribution in [2.24, 2.45) is 0 Å². The Labute approximate surface area is 120 Å². The third-order valence-corrected chi connectivity index (χ3v) is 4.29. The van der Waals surface area contributed by atoms with Crippen LogP contribution in [-0.2, 0) is 11.2 Å². The number of rotatable bonds is 5. The number of carboxylic acid groups (broad SMARTS) is 1. The molecule has 110 valence electrons. The monoisotopic (exact) mass is 298 g/mol. The zero-order valence-corrected chi connectivity index (χ0v) is 11.8. The van der Waals surface area contributed by atoms with E-state index in [4.69, 9.17) is 5.11 Å². The number of imidazole rings is 1. The van der Waals surface area contributed by atoms with Crippen LogP contribution in [0.4, 0.5) is 4.79 Å². The number of nitrogens with one attached hydrogen (secondary N) is 3. The van der Waals surface area contributed by atoms with Crippen molar-refractivity contribution < 1.29 is 14.7 Å². The number of urea groups is 1. The fraction of sp³-hybridized carbons (Fsp3) is 0.583. The van der Waals surface area contributed by atoms with Crippen LogP contribution in [0.15, 0.2) is 12.5 Å². The summed E-state index contributed by atoms with van der Waals surface area (Å²) >= 11 is 1.80. The van der Waals surface area contributed by atoms with Crippen LogP contribution in [0.3, 0.4) is 0 Å². The minimum absolute atomic E-state index is 0.121. The highest BCUT2D eigenvalue weighted by atomic mass is 32.2. The van der Waals surface area contributed by atoms with Crippen molar-refractivity contribution in [3.63, 3.8) is 0 Å². The van der Waals surface area contributed by atoms with Crippen LogP contribution in [0, 0.1) is 0 Å². The molecule has 1 aliphatic rings. The van der Waals surface area contributed by atoms with Gasteiger partial charge in [-0.25, -0.2) is 14.6 Å². The Bertz CT molecular complexity index is 446. The van der Waals surface area contributed by atoms with Crippen molar-refractivity contribution in [1.82, 2.24) is 20.6 Å². The molecule has 0 saturated carbocycles. The quantitative estimate of drug-likeness (QED) is 0.637. The third kappa shape index (κ3) is 4.44. The maximum Gasteiger partial charge on any atom is 0.326 e. The van der Waals surface area contributed by atoms with Crippen molar-refractivity contribution in [2.75, 3.05) is 11.5 Å². The van der Waals surface area contributed by atoms with Gasteiger partial charge in [0.05, 0.1) is 6.33 Å². The maximum absolute atomic E-state index is 11.8. The molecule has 1 saturated heterocycles. The average Bonchev–Trinajstić information content (AvgIpc) is 2.92. The van der Waals surface area contributed by atoms with Crippen molar-refractivity contribution in [3.8, 4) is 0 Å². The average molecular weight is 298 g/mol. The van der Waals surface area contributed by atoms with Gasteiger partial charge in [-0.15, -0.1) is 0 Å². The van der Waals surface area contributed by atoms with Gasteiger partial charge in [0.2, 0.25) is 0 Å². The summed E-state index contributed by atoms with van der Waals surface area (Å²) in [7, 11) is 0. The summed E-state index contributed by atoms with van der Waals surface area (Å²) in [4.78, 5) is 29.7. The van der Waals surface area contributed by atoms with Gasteiger partial charge in [-0.3, -0.25) is 0 Å². The number of amides is 2. The van der Waals surface area contributed by atoms with Crippen LogP contribution in [-0.4, -0.2) is 50.7 Å². The van der Waals surface area contributed by atoms with E-state index in [0.717, 1.165) is 24.3 Å². The molecule has 2 amide bonds. The van der Waals surface area contributed by atoms with Crippen LogP contribution in [0.25, 0.3) is 0 Å². The van der Waals surface area contributed by atoms with Gasteiger partial charge in [0.1, 0.15) is 6.04 Å². The minimum atomic E-state index is -1.06. The molecule has 7 nitrogen and oxygen atoms in total. The highest BCUT2D eigenvalue weighted by Crippen LogP contribution is 2.16. The Morgan fingerprint density at radius 2 is 2.45 bits per heavy atom. The highest BCUT2D eigenvalue weighted by molar-refractivity contribution is 7.99. The van der Waals surface area contributed by atoms with Crippen molar-refractivity contribution >= 4 is 23.8 Å². The Hall–Kier alpha value is -1.70. The lowest BCUT2D eigenvalue weighted by molar-refractivity contribution is -0.139. The van der Waals surface area contributed by atoms with Gasteiger partial charge in [0, 0.05) is 30.1 Å². The minimum Gasteiger partial charge on any atom is -0.480 e. The van der Waals surface area contributed by atoms with Crippen LogP contribution >= 0.6 is 11.8 Å². The molecule has 0 aliphatic carbocycles. The molecule has 0 radical (unpaired) electrons. The van der Waals surface area contributed by atoms with E-state index in [9.17, 15) is 9.59 Å². The number of aliphatic carboxylic acids is 1. The van der Waals surface area contributed by atoms with Crippen LogP contribution in [0.2, 0.25) is 0 Å². The smallest absolute Gasteiger partial charge is 0.326 e. The predicted molar refractivity (Wildman–Crippen MR) is 75.7 cm³/mol. The second-order valence-corrected chi connectivity index (χ2v) is 5.85. The first-order valence-electron chi connectivity index (χ1n) is 6.50. The van der Waals surface area contributed by atoms with E-state index in [1.54, 1.807) is 18.0 Å². The van der Waals surface area contributed by atoms with Gasteiger partial charge in [-0.2, -0.15) is 11.8 Å². The SMILES string of the molecule is O=C(NC1CCCSC1)N[C@H](Cc1cnc[nH]1)C(=O)O. The molecular weight excluding hydrogens is 280 g/mol. The predicted octanol–water partition coefficient (Wildman–Crippen LogP) is 0.600. The lowest BCUT2D eigenvalue weighted by atomic mass is 10.1. The number of hydrogen-bond donors (Lipinski definition) is 4. The number of aromatic amines is 1. The molecule has 4 N–H and O–H groups in total. The standard InChI is InChI=1S/C12H18N4O3S/c17-11(18)10(4-9-5-13-7-14-9)16-12(19)15-8-2-1-3-20-6-8/h5,7-8,10H,1-4,6H2,(H,13,14)(H,17,18)(H2,15,16,19)/t8?,10-/m1/s1. The van der Waals surface area contributed by atoms with Gasteiger partial charge in [0.25, 0.3) is 0 Å². The Kier molecular flexibility index (Phi) is 5.28. The normalized spacial score (nSPS) is 20.1. The molecule has 2 rings (SSSR count). The number of carbonyl (C=O) groups is 2. The first-order valence-corrected chi connectivity index (χ1v) is 7.65. The summed E-state index contributed by atoms with van der Waals surface area (Å²) in [5.74, 6) is 0.941. The van der Waals surface area contributed by atoms with E-state index in [0.29, 0.717) is 5.69 Å². The third-order valence-electron chi connectivity index (χ3n) is 3.08. The number of hydrogen-bond acceptors (Lipinski definition) is 4. The molecule has 1 unspecified atom stereocenters. The van der Waals surface area contributed by atoms with Crippen LogP contribution in [0.5, 0.6) is 0 Å². The van der Waals surface area contributed by atoms with E-state index >= 15 is 0 Å². The summed E-state index contributed by atoms with van der Waals surface area (Å²) < 4.78 is 0. The first kappa shape index (κ1) is 14.7. The molecule has 20 heavy (non-hydrogen) atoms. The number of thioether (sulfide) groups is 1. The molecule has 0 aromatic carbocycles. The molecule has 1 aromatic heterocycles. The fourth-order valence-corrected chi connectivity index (χ4v) is 3.13. The number of nitrogens with zero attached hydrogens (tertiary/aromatic N) is 1. The Balaban J connectivity index is 1.83. The van der Waals surface area contributed by atoms with E-state index in [1.165, 1.54) is 6.33 Å². The summed E-state index contributed by atoms with van der Waals surface area (Å²) in [5.41, 5.74) is 0.672. The molecule has 1 aliphatic heterocycles. The van der Waals surface area contributed by atoms with Crippen molar-refractivity contribution in [1.29, 1.82) is 0 Å². The summed E-state index contributed by atoms with van der Waals surface area (Å²) in [5, 5.41) is 14.5. The maximum atomic E-state index is 11.8. The fourth-order valence-electron chi connectivity index (χ4n) is 2.06. The zero-order valence-electron chi connectivity index (χ0n) is 11.0. The van der Waals surface area contributed by atoms with Gasteiger partial charge in [-0.1, -0.05) is 0 Å². The number of carbonyl (C=O) groups excluding carboxylic acids is 1. The van der Waals surface area contributed by atoms with Crippen LogP contribution < -0.4 is 10.6 Å². The number of carboxylic acids is 1. The van der Waals surface area contributed by atoms with Crippen molar-refractivity contribution in [2.45, 2.75) is 31.3 Å². The van der Waals surface area contributed by atoms with E-state index < -0.39 is 18.0 Å². The van der Waals surface area contributed by atoms with Crippen LogP contribution in [0.1, 0.15) is 18.5 Å². The highest BCUT2D eigenvalue weighted by Gasteiger charge is 2.23. The van der Waals surface area contributed by atoms with E-state index in [2.05, 4.69) is 20.6 Å². The summed E-state index contributed by atoms with van der Waals surface area (Å²) in [6.45, 7) is 0. The summed E-state index contributed by atoms with van der Waals surface area (Å²) in [6.07, 6.45) is 5.23. The van der Waals surface area contributed by atoms with Gasteiger partial charge < -0.3 is 20.7 Å². The molecule has 0 spiro atoms. The van der Waals surface area contributed by atoms with E-state index in [1.807, 2.05) is 0 Å². The zero-order chi connectivity index (χ0) is 14.4. The first-order chi connectivity index (χ1) is 9.65. The summed E-state index contributed by atoms with van der Waals surface area (Å²) in [6, 6.07) is -1.27. The lowest BCUT2D eigenvalue weighted by Crippen LogP contribution is -2.50. The largest absolute Gasteiger partial charge is 0.480 e. The second-order valence-electron chi connectivity index (χ2n) is 4.70. The molecule has 1 aromatic rings. The molecule has 1 fully saturated rings. The Morgan fingerprint density at radius 3 is 3.05 bits per heavy atom. The van der Waals surface area contributed by atoms with Gasteiger partial charge >= 0.3 is 12.0 Å². The second kappa shape index (κ2) is 7.18. The lowest BCUT2D eigenvalue weighted by Gasteiger charge is -2.23. The molecule has 2 heterocycles. The molecule has 8 heteroatoms. The molecular formula is C12H18N4O3S. The Morgan fingerprint density at radius 1 is 1.60 bits per heavy atom. The number of H-pyrrole nitrogens is 1. The van der Waals surface area contributed by atoms with E-state index in [-0.39, 0.29) is 12.5 Å². The molecule has 2 atom stereocenters. The van der Waals surface area contributed by atoms with Crippen molar-refractivity contribution in [3.05, 3.63) is 18.2 Å². The molecule has 0 bridgehead atoms. The topological polar surface area (TPSA) is 107 Å². The van der Waals surface area contributed by atoms with Gasteiger partial charge in [0.15, 0.2) is 0 Å².